The van der Waals surface area contributed by atoms with Crippen LogP contribution in [0.5, 0.6) is 0 Å². The second-order valence-corrected chi connectivity index (χ2v) is 5.59. The molecule has 2 heteroatoms. The van der Waals surface area contributed by atoms with Crippen LogP contribution in [0.3, 0.4) is 0 Å². The van der Waals surface area contributed by atoms with Gasteiger partial charge < -0.3 is 0 Å². The Morgan fingerprint density at radius 3 is 2.80 bits per heavy atom. The van der Waals surface area contributed by atoms with Crippen molar-refractivity contribution in [3.8, 4) is 0 Å². The van der Waals surface area contributed by atoms with E-state index >= 15 is 0 Å². The Morgan fingerprint density at radius 1 is 1.20 bits per heavy atom. The van der Waals surface area contributed by atoms with Crippen molar-refractivity contribution >= 4 is 37.0 Å². The molecule has 0 aliphatic heterocycles. The Labute approximate surface area is 72.5 Å². The molecule has 0 spiro atoms. The van der Waals surface area contributed by atoms with Crippen LogP contribution in [0.4, 0.5) is 0 Å². The third-order valence-electron chi connectivity index (χ3n) is 1.80. The summed E-state index contributed by atoms with van der Waals surface area (Å²) in [5, 5.41) is 1.42. The van der Waals surface area contributed by atoms with E-state index in [4.69, 9.17) is 0 Å². The third kappa shape index (κ3) is 0.850. The number of H-pyrrole nitrogens is 1. The van der Waals surface area contributed by atoms with E-state index in [1.807, 2.05) is 0 Å². The van der Waals surface area contributed by atoms with Crippen LogP contribution in [-0.4, -0.2) is 27.5 Å². The monoisotopic (exact) mass is 239 g/mol. The molecule has 50 valence electrons. The third-order valence-corrected chi connectivity index (χ3v) is 4.16. The number of nitrogens with one attached hydrogen (secondary N) is 1. The number of hydrogen-bond acceptors (Lipinski definition) is 0. The summed E-state index contributed by atoms with van der Waals surface area (Å²) >= 11 is 0.625. The Kier molecular flexibility index (Phi) is 1.45. The van der Waals surface area contributed by atoms with Crippen molar-refractivity contribution in [3.05, 3.63) is 30.5 Å². The molecule has 1 nitrogen and oxygen atoms in total. The first-order valence-electron chi connectivity index (χ1n) is 3.40. The maximum atomic E-state index is 3.24. The van der Waals surface area contributed by atoms with Gasteiger partial charge in [0, 0.05) is 0 Å². The van der Waals surface area contributed by atoms with E-state index in [1.54, 1.807) is 0 Å². The molecule has 0 bridgehead atoms. The fourth-order valence-corrected chi connectivity index (χ4v) is 2.87. The van der Waals surface area contributed by atoms with Gasteiger partial charge in [0.1, 0.15) is 0 Å². The van der Waals surface area contributed by atoms with Gasteiger partial charge in [0.2, 0.25) is 0 Å². The maximum absolute atomic E-state index is 3.24. The van der Waals surface area contributed by atoms with Crippen molar-refractivity contribution in [2.45, 2.75) is 0 Å². The molecule has 2 rings (SSSR count). The molecule has 0 saturated heterocycles. The van der Waals surface area contributed by atoms with E-state index in [0.717, 1.165) is 0 Å². The van der Waals surface area contributed by atoms with Crippen LogP contribution in [0, 0.1) is 0 Å². The second kappa shape index (κ2) is 2.31. The van der Waals surface area contributed by atoms with E-state index in [1.165, 1.54) is 14.5 Å². The van der Waals surface area contributed by atoms with E-state index in [-0.39, 0.29) is 0 Å². The fourth-order valence-electron chi connectivity index (χ4n) is 1.22. The summed E-state index contributed by atoms with van der Waals surface area (Å²) in [5.74, 6) is 0. The van der Waals surface area contributed by atoms with Crippen LogP contribution in [-0.2, 0) is 0 Å². The van der Waals surface area contributed by atoms with Gasteiger partial charge >= 0.3 is 72.5 Å². The Balaban J connectivity index is 2.93. The van der Waals surface area contributed by atoms with Gasteiger partial charge in [-0.2, -0.15) is 0 Å². The molecule has 0 aliphatic rings. The molecule has 0 unspecified atom stereocenters. The zero-order valence-electron chi connectivity index (χ0n) is 5.89. The van der Waals surface area contributed by atoms with Crippen LogP contribution in [0.1, 0.15) is 0 Å². The van der Waals surface area contributed by atoms with Crippen molar-refractivity contribution in [2.24, 2.45) is 0 Å². The molecule has 0 radical (unpaired) electrons. The second-order valence-electron chi connectivity index (χ2n) is 2.52. The molecule has 0 atom stereocenters. The molecule has 1 heterocycles. The van der Waals surface area contributed by atoms with Crippen LogP contribution in [0.25, 0.3) is 10.9 Å². The molecule has 0 saturated carbocycles. The number of rotatable bonds is 0. The first-order chi connectivity index (χ1) is 4.88. The summed E-state index contributed by atoms with van der Waals surface area (Å²) in [6, 6.07) is 8.45. The minimum absolute atomic E-state index is 0.625. The first kappa shape index (κ1) is 6.28. The van der Waals surface area contributed by atoms with E-state index < -0.39 is 0 Å². The summed E-state index contributed by atoms with van der Waals surface area (Å²) in [5.41, 5.74) is 1.27. The standard InChI is InChI=1S/C8H6N.Sn.3H/c1-2-4-8-7(3-1)5-6-9-8;;;;/h1-4,6,9H;;;;. The number of benzene rings is 1. The Bertz CT molecular complexity index is 351. The van der Waals surface area contributed by atoms with Crippen molar-refractivity contribution < 1.29 is 0 Å². The number of aromatic nitrogens is 1. The van der Waals surface area contributed by atoms with Crippen LogP contribution >= 0.6 is 0 Å². The molecular weight excluding hydrogens is 229 g/mol. The molecule has 1 aromatic carbocycles. The van der Waals surface area contributed by atoms with Gasteiger partial charge in [-0.3, -0.25) is 0 Å². The van der Waals surface area contributed by atoms with Gasteiger partial charge in [0.05, 0.1) is 0 Å². The van der Waals surface area contributed by atoms with Gasteiger partial charge in [-0.05, 0) is 0 Å². The normalized spacial score (nSPS) is 10.8. The van der Waals surface area contributed by atoms with E-state index in [9.17, 15) is 0 Å². The van der Waals surface area contributed by atoms with Gasteiger partial charge in [-0.1, -0.05) is 0 Å². The molecule has 0 fully saturated rings. The fraction of sp³-hybridized carbons (Fsp3) is 0. The SMILES string of the molecule is [SnH3][c]1c[nH]c2ccccc12. The van der Waals surface area contributed by atoms with E-state index in [0.29, 0.717) is 22.5 Å². The van der Waals surface area contributed by atoms with Crippen LogP contribution in [0.2, 0.25) is 0 Å². The molecule has 2 aromatic rings. The van der Waals surface area contributed by atoms with Gasteiger partial charge in [-0.15, -0.1) is 0 Å². The van der Waals surface area contributed by atoms with Crippen molar-refractivity contribution in [3.63, 3.8) is 0 Å². The first-order valence-corrected chi connectivity index (χ1v) is 6.26. The predicted molar refractivity (Wildman–Crippen MR) is 47.9 cm³/mol. The van der Waals surface area contributed by atoms with Gasteiger partial charge in [0.25, 0.3) is 0 Å². The topological polar surface area (TPSA) is 15.8 Å². The van der Waals surface area contributed by atoms with E-state index in [2.05, 4.69) is 35.4 Å². The average Bonchev–Trinajstić information content (AvgIpc) is 2.34. The summed E-state index contributed by atoms with van der Waals surface area (Å²) < 4.78 is 1.53. The summed E-state index contributed by atoms with van der Waals surface area (Å²) in [6.07, 6.45) is 2.13. The summed E-state index contributed by atoms with van der Waals surface area (Å²) in [7, 11) is 0. The molecule has 1 N–H and O–H groups in total. The van der Waals surface area contributed by atoms with Gasteiger partial charge in [-0.25, -0.2) is 0 Å². The van der Waals surface area contributed by atoms with Crippen LogP contribution in [0.15, 0.2) is 30.5 Å². The molecule has 1 aromatic heterocycles. The summed E-state index contributed by atoms with van der Waals surface area (Å²) in [6.45, 7) is 0. The summed E-state index contributed by atoms with van der Waals surface area (Å²) in [4.78, 5) is 3.24. The number of fused-ring (bicyclic) bond motifs is 1. The molecule has 0 amide bonds. The molecule has 10 heavy (non-hydrogen) atoms. The zero-order valence-corrected chi connectivity index (χ0v) is 11.6. The number of para-hydroxylation sites is 1. The molecular formula is C8H9NSn. The van der Waals surface area contributed by atoms with Crippen molar-refractivity contribution in [1.82, 2.24) is 4.98 Å². The molecule has 0 aliphatic carbocycles. The Morgan fingerprint density at radius 2 is 2.00 bits per heavy atom. The quantitative estimate of drug-likeness (QED) is 0.629. The number of aromatic amines is 1. The Hall–Kier alpha value is -0.441. The van der Waals surface area contributed by atoms with Crippen molar-refractivity contribution in [1.29, 1.82) is 0 Å². The van der Waals surface area contributed by atoms with Crippen LogP contribution < -0.4 is 3.58 Å². The number of hydrogen-bond donors (Lipinski definition) is 1. The minimum atomic E-state index is 0.625. The van der Waals surface area contributed by atoms with Crippen molar-refractivity contribution in [2.75, 3.05) is 0 Å². The zero-order chi connectivity index (χ0) is 6.97. The average molecular weight is 238 g/mol. The van der Waals surface area contributed by atoms with Gasteiger partial charge in [0.15, 0.2) is 0 Å². The predicted octanol–water partition coefficient (Wildman–Crippen LogP) is 0.159.